The van der Waals surface area contributed by atoms with Gasteiger partial charge >= 0.3 is 0 Å². The molecule has 16 aromatic rings. The minimum Gasteiger partial charge on any atom is -0.311 e. The second-order valence-electron chi connectivity index (χ2n) is 23.9. The summed E-state index contributed by atoms with van der Waals surface area (Å²) in [6, 6.07) is 118. The summed E-state index contributed by atoms with van der Waals surface area (Å²) in [6.45, 7) is 0.0737. The fraction of sp³-hybridized carbons (Fsp3) is 0. The summed E-state index contributed by atoms with van der Waals surface area (Å²) >= 11 is 0. The minimum atomic E-state index is 0.0737. The van der Waals surface area contributed by atoms with Crippen molar-refractivity contribution in [3.05, 3.63) is 334 Å². The van der Waals surface area contributed by atoms with Gasteiger partial charge in [-0.05, 0) is 130 Å². The molecule has 0 spiro atoms. The van der Waals surface area contributed by atoms with Gasteiger partial charge in [0.05, 0.1) is 28.1 Å². The zero-order chi connectivity index (χ0) is 62.1. The third kappa shape index (κ3) is 9.36. The molecule has 2 aliphatic heterocycles. The molecule has 0 saturated carbocycles. The average molecular weight is 1200 g/mol. The van der Waals surface area contributed by atoms with Crippen LogP contribution in [0.4, 0.5) is 34.1 Å². The molecule has 0 aliphatic carbocycles. The van der Waals surface area contributed by atoms with Crippen LogP contribution in [-0.4, -0.2) is 36.2 Å². The minimum absolute atomic E-state index is 0.0737. The number of hydrogen-bond donors (Lipinski definition) is 0. The van der Waals surface area contributed by atoms with Crippen molar-refractivity contribution in [1.82, 2.24) is 29.5 Å². The van der Waals surface area contributed by atoms with Gasteiger partial charge in [0.1, 0.15) is 0 Å². The number of aromatic nitrogens is 6. The summed E-state index contributed by atoms with van der Waals surface area (Å²) in [5.41, 5.74) is 25.3. The van der Waals surface area contributed by atoms with Gasteiger partial charge in [0, 0.05) is 78.3 Å². The molecule has 0 amide bonds. The highest BCUT2D eigenvalue weighted by molar-refractivity contribution is 7.00. The van der Waals surface area contributed by atoms with Crippen LogP contribution in [0.1, 0.15) is 0 Å². The summed E-state index contributed by atoms with van der Waals surface area (Å²) in [5, 5.41) is 2.28. The van der Waals surface area contributed by atoms with Gasteiger partial charge in [-0.2, -0.15) is 0 Å². The van der Waals surface area contributed by atoms with E-state index in [2.05, 4.69) is 293 Å². The van der Waals surface area contributed by atoms with E-state index in [0.29, 0.717) is 23.3 Å². The van der Waals surface area contributed by atoms with Gasteiger partial charge in [-0.15, -0.1) is 0 Å². The van der Waals surface area contributed by atoms with Crippen LogP contribution < -0.4 is 26.2 Å². The van der Waals surface area contributed by atoms with Crippen LogP contribution in [0.5, 0.6) is 0 Å². The van der Waals surface area contributed by atoms with E-state index < -0.39 is 0 Å². The first-order valence-electron chi connectivity index (χ1n) is 31.8. The van der Waals surface area contributed by atoms with E-state index in [-0.39, 0.29) is 6.71 Å². The Hall–Kier alpha value is -12.6. The largest absolute Gasteiger partial charge is 0.311 e. The molecule has 8 nitrogen and oxygen atoms in total. The highest BCUT2D eigenvalue weighted by Gasteiger charge is 2.43. The molecule has 438 valence electrons. The molecular weight excluding hydrogens is 1140 g/mol. The topological polar surface area (TPSA) is 75.9 Å². The Morgan fingerprint density at radius 1 is 0.234 bits per heavy atom. The van der Waals surface area contributed by atoms with Crippen molar-refractivity contribution in [3.63, 3.8) is 0 Å². The third-order valence-corrected chi connectivity index (χ3v) is 18.5. The van der Waals surface area contributed by atoms with E-state index in [1.54, 1.807) is 0 Å². The quantitative estimate of drug-likeness (QED) is 0.119. The van der Waals surface area contributed by atoms with E-state index in [0.717, 1.165) is 106 Å². The number of hydrogen-bond acceptors (Lipinski definition) is 7. The summed E-state index contributed by atoms with van der Waals surface area (Å²) < 4.78 is 2.36. The first-order valence-corrected chi connectivity index (χ1v) is 31.8. The Morgan fingerprint density at radius 2 is 0.649 bits per heavy atom. The maximum absolute atomic E-state index is 5.52. The molecule has 0 radical (unpaired) electrons. The number of rotatable bonds is 11. The SMILES string of the molecule is c1ccc(-c2ccc3c(c2)c2ccccc2n3-c2ccc(-c3nc(-c4ccccc4)cc(-c4ccccc4)n3)cc2-c2nc(-c3ccccc3)nc(-c3ccc(-c4ccc(N5c6ccccc6B6c7ccccc7N(c7ccccc7)c7cccc5c76)cc4)cc3)n2)cc1. The zero-order valence-corrected chi connectivity index (χ0v) is 50.9. The summed E-state index contributed by atoms with van der Waals surface area (Å²) in [6.07, 6.45) is 0. The average Bonchev–Trinajstić information content (AvgIpc) is 1.18. The Labute approximate surface area is 544 Å². The first kappa shape index (κ1) is 54.4. The van der Waals surface area contributed by atoms with E-state index in [1.807, 2.05) is 54.6 Å². The lowest BCUT2D eigenvalue weighted by Gasteiger charge is -2.44. The van der Waals surface area contributed by atoms with Crippen LogP contribution >= 0.6 is 0 Å². The van der Waals surface area contributed by atoms with Crippen molar-refractivity contribution in [2.24, 2.45) is 0 Å². The molecule has 5 heterocycles. The molecule has 0 fully saturated rings. The van der Waals surface area contributed by atoms with Gasteiger partial charge < -0.3 is 14.4 Å². The fourth-order valence-electron chi connectivity index (χ4n) is 14.1. The lowest BCUT2D eigenvalue weighted by molar-refractivity contribution is 1.06. The van der Waals surface area contributed by atoms with Crippen molar-refractivity contribution in [2.45, 2.75) is 0 Å². The molecule has 3 aromatic heterocycles. The van der Waals surface area contributed by atoms with Crippen LogP contribution in [0.2, 0.25) is 0 Å². The third-order valence-electron chi connectivity index (χ3n) is 18.5. The molecule has 13 aromatic carbocycles. The molecule has 0 atom stereocenters. The molecule has 2 aliphatic rings. The van der Waals surface area contributed by atoms with E-state index in [9.17, 15) is 0 Å². The maximum atomic E-state index is 5.52. The number of para-hydroxylation sites is 4. The standard InChI is InChI=1S/C85H55BN8/c1-6-23-56(24-7-1)63-47-51-75-68(53-63)67-33-16-19-36-74(67)94(75)76-52-48-64(84-87-72(59-25-8-2-9-26-59)55-73(88-84)60-27-10-3-11-28-60)54-69(76)85-90-82(61-29-12-4-13-30-61)89-83(91-85)62-43-41-57(42-44-62)58-45-49-66(50-46-58)93-78-38-21-18-35-71(78)86-70-34-17-20-37-77(70)92(65-31-14-5-15-32-65)79-39-22-40-80(93)81(79)86/h1-55H. The Balaban J connectivity index is 0.763. The van der Waals surface area contributed by atoms with E-state index in [4.69, 9.17) is 24.9 Å². The van der Waals surface area contributed by atoms with Crippen LogP contribution in [0.15, 0.2) is 334 Å². The van der Waals surface area contributed by atoms with Crippen molar-refractivity contribution in [2.75, 3.05) is 9.80 Å². The van der Waals surface area contributed by atoms with E-state index in [1.165, 1.54) is 39.1 Å². The van der Waals surface area contributed by atoms with Crippen molar-refractivity contribution >= 4 is 79.0 Å². The molecular formula is C85H55BN8. The fourth-order valence-corrected chi connectivity index (χ4v) is 14.1. The number of nitrogens with zero attached hydrogens (tertiary/aromatic N) is 8. The van der Waals surface area contributed by atoms with Crippen LogP contribution in [0.25, 0.3) is 118 Å². The number of fused-ring (bicyclic) bond motifs is 7. The van der Waals surface area contributed by atoms with Gasteiger partial charge in [0.15, 0.2) is 23.3 Å². The highest BCUT2D eigenvalue weighted by Crippen LogP contribution is 2.45. The van der Waals surface area contributed by atoms with Gasteiger partial charge in [-0.25, -0.2) is 24.9 Å². The van der Waals surface area contributed by atoms with Crippen molar-refractivity contribution < 1.29 is 0 Å². The lowest BCUT2D eigenvalue weighted by Crippen LogP contribution is -2.61. The van der Waals surface area contributed by atoms with Crippen molar-refractivity contribution in [1.29, 1.82) is 0 Å². The Bertz CT molecular complexity index is 5490. The van der Waals surface area contributed by atoms with Crippen LogP contribution in [-0.2, 0) is 0 Å². The smallest absolute Gasteiger partial charge is 0.252 e. The molecule has 9 heteroatoms. The molecule has 94 heavy (non-hydrogen) atoms. The molecule has 0 bridgehead atoms. The van der Waals surface area contributed by atoms with Gasteiger partial charge in [0.2, 0.25) is 0 Å². The maximum Gasteiger partial charge on any atom is 0.252 e. The van der Waals surface area contributed by atoms with Gasteiger partial charge in [-0.3, -0.25) is 0 Å². The second kappa shape index (κ2) is 22.7. The summed E-state index contributed by atoms with van der Waals surface area (Å²) in [7, 11) is 0. The molecule has 0 saturated heterocycles. The predicted octanol–water partition coefficient (Wildman–Crippen LogP) is 19.2. The van der Waals surface area contributed by atoms with Gasteiger partial charge in [0.25, 0.3) is 6.71 Å². The Morgan fingerprint density at radius 3 is 1.26 bits per heavy atom. The second-order valence-corrected chi connectivity index (χ2v) is 23.9. The summed E-state index contributed by atoms with van der Waals surface area (Å²) in [5.74, 6) is 2.20. The highest BCUT2D eigenvalue weighted by atomic mass is 15.2. The molecule has 0 unspecified atom stereocenters. The zero-order valence-electron chi connectivity index (χ0n) is 50.9. The predicted molar refractivity (Wildman–Crippen MR) is 387 cm³/mol. The normalized spacial score (nSPS) is 12.2. The molecule has 0 N–H and O–H groups in total. The number of anilines is 6. The Kier molecular flexibility index (Phi) is 13.1. The molecule has 18 rings (SSSR count). The lowest BCUT2D eigenvalue weighted by atomic mass is 9.33. The van der Waals surface area contributed by atoms with Crippen molar-refractivity contribution in [3.8, 4) is 96.0 Å². The van der Waals surface area contributed by atoms with Crippen LogP contribution in [0, 0.1) is 0 Å². The number of benzene rings is 13. The van der Waals surface area contributed by atoms with E-state index >= 15 is 0 Å². The van der Waals surface area contributed by atoms with Gasteiger partial charge in [-0.1, -0.05) is 243 Å². The summed E-state index contributed by atoms with van der Waals surface area (Å²) in [4.78, 5) is 31.8. The monoisotopic (exact) mass is 1200 g/mol. The van der Waals surface area contributed by atoms with Crippen LogP contribution in [0.3, 0.4) is 0 Å². The first-order chi connectivity index (χ1) is 46.6.